The van der Waals surface area contributed by atoms with Gasteiger partial charge in [0, 0.05) is 12.2 Å². The highest BCUT2D eigenvalue weighted by Crippen LogP contribution is 2.25. The smallest absolute Gasteiger partial charge is 0.170 e. The fourth-order valence-electron chi connectivity index (χ4n) is 2.79. The van der Waals surface area contributed by atoms with Crippen LogP contribution in [0.3, 0.4) is 0 Å². The molecule has 1 aliphatic rings. The van der Waals surface area contributed by atoms with Crippen molar-refractivity contribution in [1.82, 2.24) is 0 Å². The molecular weight excluding hydrogens is 280 g/mol. The molecule has 22 heavy (non-hydrogen) atoms. The monoisotopic (exact) mass is 300 g/mol. The predicted octanol–water partition coefficient (Wildman–Crippen LogP) is 2.98. The predicted molar refractivity (Wildman–Crippen MR) is 84.8 cm³/mol. The van der Waals surface area contributed by atoms with E-state index in [4.69, 9.17) is 20.4 Å². The molecule has 1 aliphatic heterocycles. The van der Waals surface area contributed by atoms with Crippen LogP contribution < -0.4 is 5.73 Å². The highest BCUT2D eigenvalue weighted by atomic mass is 16.7. The van der Waals surface area contributed by atoms with Crippen LogP contribution in [-0.4, -0.2) is 23.9 Å². The number of amidine groups is 1. The fourth-order valence-corrected chi connectivity index (χ4v) is 2.79. The number of nitrogens with zero attached hydrogens (tertiary/aromatic N) is 1. The second kappa shape index (κ2) is 6.77. The van der Waals surface area contributed by atoms with Gasteiger partial charge in [0.1, 0.15) is 0 Å². The molecule has 1 heterocycles. The maximum Gasteiger partial charge on any atom is 0.170 e. The molecular formula is C17H20N2O3. The van der Waals surface area contributed by atoms with E-state index in [1.54, 1.807) is 0 Å². The third-order valence-corrected chi connectivity index (χ3v) is 3.96. The molecule has 0 saturated carbocycles. The molecule has 5 heteroatoms. The number of ether oxygens (including phenoxy) is 2. The zero-order chi connectivity index (χ0) is 15.4. The van der Waals surface area contributed by atoms with Crippen molar-refractivity contribution in [3.63, 3.8) is 0 Å². The second-order valence-corrected chi connectivity index (χ2v) is 5.41. The van der Waals surface area contributed by atoms with Gasteiger partial charge in [-0.25, -0.2) is 0 Å². The Morgan fingerprint density at radius 2 is 2.05 bits per heavy atom. The SMILES string of the molecule is N/C(=N\O)c1ccc(COC2CCCCO2)c2ccccc12. The van der Waals surface area contributed by atoms with Gasteiger partial charge in [0.25, 0.3) is 0 Å². The van der Waals surface area contributed by atoms with Gasteiger partial charge in [-0.3, -0.25) is 0 Å². The van der Waals surface area contributed by atoms with Gasteiger partial charge in [-0.1, -0.05) is 41.6 Å². The topological polar surface area (TPSA) is 77.1 Å². The number of nitrogens with two attached hydrogens (primary N) is 1. The molecule has 0 amide bonds. The van der Waals surface area contributed by atoms with Gasteiger partial charge in [-0.2, -0.15) is 0 Å². The first-order valence-electron chi connectivity index (χ1n) is 7.51. The standard InChI is InChI=1S/C17H20N2O3/c18-17(19-20)15-9-8-12(13-5-1-2-6-14(13)15)11-22-16-7-3-4-10-21-16/h1-2,5-6,8-9,16,20H,3-4,7,10-11H2,(H2,18,19). The van der Waals surface area contributed by atoms with Crippen molar-refractivity contribution in [1.29, 1.82) is 0 Å². The Labute approximate surface area is 129 Å². The van der Waals surface area contributed by atoms with Crippen molar-refractivity contribution >= 4 is 16.6 Å². The highest BCUT2D eigenvalue weighted by molar-refractivity contribution is 6.09. The molecule has 0 aromatic heterocycles. The zero-order valence-electron chi connectivity index (χ0n) is 12.4. The molecule has 0 bridgehead atoms. The second-order valence-electron chi connectivity index (χ2n) is 5.41. The van der Waals surface area contributed by atoms with E-state index >= 15 is 0 Å². The molecule has 116 valence electrons. The molecule has 0 aliphatic carbocycles. The van der Waals surface area contributed by atoms with E-state index < -0.39 is 0 Å². The number of hydrogen-bond acceptors (Lipinski definition) is 4. The minimum Gasteiger partial charge on any atom is -0.409 e. The molecule has 1 atom stereocenters. The van der Waals surface area contributed by atoms with E-state index in [1.807, 2.05) is 36.4 Å². The van der Waals surface area contributed by atoms with E-state index in [1.165, 1.54) is 0 Å². The maximum absolute atomic E-state index is 8.91. The molecule has 1 saturated heterocycles. The van der Waals surface area contributed by atoms with E-state index in [0.29, 0.717) is 6.61 Å². The van der Waals surface area contributed by atoms with Crippen LogP contribution in [0.2, 0.25) is 0 Å². The van der Waals surface area contributed by atoms with Gasteiger partial charge in [-0.05, 0) is 35.6 Å². The van der Waals surface area contributed by atoms with Crippen molar-refractivity contribution < 1.29 is 14.7 Å². The Bertz CT molecular complexity index is 679. The van der Waals surface area contributed by atoms with E-state index in [-0.39, 0.29) is 12.1 Å². The Kier molecular flexibility index (Phi) is 4.56. The molecule has 3 N–H and O–H groups in total. The minimum atomic E-state index is -0.115. The quantitative estimate of drug-likeness (QED) is 0.394. The lowest BCUT2D eigenvalue weighted by Crippen LogP contribution is -2.22. The summed E-state index contributed by atoms with van der Waals surface area (Å²) >= 11 is 0. The van der Waals surface area contributed by atoms with Gasteiger partial charge < -0.3 is 20.4 Å². The molecule has 5 nitrogen and oxygen atoms in total. The Morgan fingerprint density at radius 1 is 1.23 bits per heavy atom. The van der Waals surface area contributed by atoms with Crippen LogP contribution in [0.5, 0.6) is 0 Å². The van der Waals surface area contributed by atoms with Crippen molar-refractivity contribution in [2.24, 2.45) is 10.9 Å². The summed E-state index contributed by atoms with van der Waals surface area (Å²) in [5, 5.41) is 14.0. The van der Waals surface area contributed by atoms with Crippen LogP contribution in [0.4, 0.5) is 0 Å². The third-order valence-electron chi connectivity index (χ3n) is 3.96. The lowest BCUT2D eigenvalue weighted by Gasteiger charge is -2.23. The highest BCUT2D eigenvalue weighted by Gasteiger charge is 2.15. The average Bonchev–Trinajstić information content (AvgIpc) is 2.60. The Hall–Kier alpha value is -2.11. The molecule has 1 unspecified atom stereocenters. The first-order chi connectivity index (χ1) is 10.8. The van der Waals surface area contributed by atoms with Gasteiger partial charge in [0.2, 0.25) is 0 Å². The van der Waals surface area contributed by atoms with E-state index in [9.17, 15) is 0 Å². The lowest BCUT2D eigenvalue weighted by molar-refractivity contribution is -0.168. The molecule has 3 rings (SSSR count). The summed E-state index contributed by atoms with van der Waals surface area (Å²) in [6.07, 6.45) is 3.09. The van der Waals surface area contributed by atoms with Crippen molar-refractivity contribution in [2.45, 2.75) is 32.2 Å². The molecule has 0 spiro atoms. The Morgan fingerprint density at radius 3 is 2.77 bits per heavy atom. The minimum absolute atomic E-state index is 0.110. The first-order valence-corrected chi connectivity index (χ1v) is 7.51. The fraction of sp³-hybridized carbons (Fsp3) is 0.353. The normalized spacial score (nSPS) is 19.5. The van der Waals surface area contributed by atoms with Gasteiger partial charge >= 0.3 is 0 Å². The summed E-state index contributed by atoms with van der Waals surface area (Å²) in [4.78, 5) is 0. The number of oxime groups is 1. The molecule has 2 aromatic rings. The van der Waals surface area contributed by atoms with E-state index in [0.717, 1.165) is 47.8 Å². The summed E-state index contributed by atoms with van der Waals surface area (Å²) in [7, 11) is 0. The van der Waals surface area contributed by atoms with E-state index in [2.05, 4.69) is 5.16 Å². The molecule has 0 radical (unpaired) electrons. The summed E-state index contributed by atoms with van der Waals surface area (Å²) in [6.45, 7) is 1.26. The summed E-state index contributed by atoms with van der Waals surface area (Å²) in [6, 6.07) is 11.7. The zero-order valence-corrected chi connectivity index (χ0v) is 12.4. The Balaban J connectivity index is 1.87. The van der Waals surface area contributed by atoms with Crippen LogP contribution in [-0.2, 0) is 16.1 Å². The van der Waals surface area contributed by atoms with Crippen molar-refractivity contribution in [3.8, 4) is 0 Å². The van der Waals surface area contributed by atoms with Gasteiger partial charge in [0.15, 0.2) is 12.1 Å². The van der Waals surface area contributed by atoms with Gasteiger partial charge in [0.05, 0.1) is 6.61 Å². The maximum atomic E-state index is 8.91. The van der Waals surface area contributed by atoms with Crippen LogP contribution in [0.25, 0.3) is 10.8 Å². The number of benzene rings is 2. The van der Waals surface area contributed by atoms with Crippen LogP contribution in [0.1, 0.15) is 30.4 Å². The summed E-state index contributed by atoms with van der Waals surface area (Å²) in [5.74, 6) is 0.110. The molecule has 1 fully saturated rings. The van der Waals surface area contributed by atoms with Crippen molar-refractivity contribution in [2.75, 3.05) is 6.61 Å². The number of hydrogen-bond donors (Lipinski definition) is 2. The largest absolute Gasteiger partial charge is 0.409 e. The van der Waals surface area contributed by atoms with Crippen LogP contribution in [0.15, 0.2) is 41.6 Å². The molecule has 2 aromatic carbocycles. The third kappa shape index (κ3) is 3.05. The number of fused-ring (bicyclic) bond motifs is 1. The van der Waals surface area contributed by atoms with Gasteiger partial charge in [-0.15, -0.1) is 0 Å². The van der Waals surface area contributed by atoms with Crippen molar-refractivity contribution in [3.05, 3.63) is 47.5 Å². The lowest BCUT2D eigenvalue weighted by atomic mass is 9.99. The van der Waals surface area contributed by atoms with Crippen LogP contribution in [0, 0.1) is 0 Å². The summed E-state index contributed by atoms with van der Waals surface area (Å²) in [5.41, 5.74) is 7.54. The number of rotatable bonds is 4. The van der Waals surface area contributed by atoms with Crippen LogP contribution >= 0.6 is 0 Å². The average molecular weight is 300 g/mol. The first kappa shape index (κ1) is 14.8. The summed E-state index contributed by atoms with van der Waals surface area (Å²) < 4.78 is 11.5.